The molecule has 0 amide bonds. The number of rotatable bonds is 4. The van der Waals surface area contributed by atoms with Crippen molar-refractivity contribution in [1.29, 1.82) is 0 Å². The Morgan fingerprint density at radius 1 is 1.38 bits per heavy atom. The van der Waals surface area contributed by atoms with Crippen LogP contribution in [0.25, 0.3) is 5.70 Å². The third-order valence-corrected chi connectivity index (χ3v) is 2.67. The zero-order chi connectivity index (χ0) is 15.4. The van der Waals surface area contributed by atoms with Gasteiger partial charge in [0.15, 0.2) is 11.6 Å². The predicted octanol–water partition coefficient (Wildman–Crippen LogP) is 2.12. The number of aliphatic imine (C=N–C) groups is 1. The van der Waals surface area contributed by atoms with E-state index in [-0.39, 0.29) is 5.82 Å². The van der Waals surface area contributed by atoms with E-state index < -0.39 is 11.5 Å². The van der Waals surface area contributed by atoms with Crippen LogP contribution in [0, 0.1) is 5.82 Å². The Morgan fingerprint density at radius 2 is 2.05 bits per heavy atom. The van der Waals surface area contributed by atoms with E-state index in [1.54, 1.807) is 31.1 Å². The average Bonchev–Trinajstić information content (AvgIpc) is 2.47. The van der Waals surface area contributed by atoms with E-state index in [2.05, 4.69) is 16.6 Å². The van der Waals surface area contributed by atoms with Crippen molar-refractivity contribution < 1.29 is 4.39 Å². The van der Waals surface area contributed by atoms with Gasteiger partial charge in [-0.1, -0.05) is 36.9 Å². The van der Waals surface area contributed by atoms with Gasteiger partial charge in [-0.05, 0) is 5.56 Å². The Labute approximate surface area is 121 Å². The predicted molar refractivity (Wildman–Crippen MR) is 81.2 cm³/mol. The van der Waals surface area contributed by atoms with Crippen molar-refractivity contribution in [3.8, 4) is 0 Å². The van der Waals surface area contributed by atoms with Gasteiger partial charge in [0.25, 0.3) is 0 Å². The molecule has 0 bridgehead atoms. The van der Waals surface area contributed by atoms with Gasteiger partial charge < -0.3 is 4.90 Å². The highest BCUT2D eigenvalue weighted by Gasteiger charge is 2.10. The van der Waals surface area contributed by atoms with E-state index in [0.29, 0.717) is 11.3 Å². The molecule has 0 N–H and O–H groups in total. The molecule has 1 aromatic carbocycles. The fourth-order valence-electron chi connectivity index (χ4n) is 1.65. The number of benzene rings is 1. The highest BCUT2D eigenvalue weighted by Crippen LogP contribution is 2.16. The van der Waals surface area contributed by atoms with Crippen LogP contribution in [0.3, 0.4) is 0 Å². The second kappa shape index (κ2) is 6.13. The quantitative estimate of drug-likeness (QED) is 0.639. The Kier molecular flexibility index (Phi) is 4.27. The molecule has 0 saturated heterocycles. The first-order chi connectivity index (χ1) is 9.99. The normalized spacial score (nSPS) is 10.8. The average molecular weight is 286 g/mol. The van der Waals surface area contributed by atoms with Crippen LogP contribution in [0.15, 0.2) is 52.9 Å². The molecule has 1 aromatic heterocycles. The van der Waals surface area contributed by atoms with Crippen LogP contribution in [0.4, 0.5) is 10.2 Å². The standard InChI is InChI=1S/C15H15FN4O/c1-11(12-7-5-4-6-8-12)20-9-13(16)14(18-15(20)21)17-10-19(2)3/h4-10H,1H2,2-3H3. The van der Waals surface area contributed by atoms with Crippen molar-refractivity contribution in [2.24, 2.45) is 4.99 Å². The second-order valence-corrected chi connectivity index (χ2v) is 4.59. The Balaban J connectivity index is 2.42. The van der Waals surface area contributed by atoms with E-state index in [1.807, 2.05) is 18.2 Å². The van der Waals surface area contributed by atoms with Gasteiger partial charge >= 0.3 is 5.69 Å². The van der Waals surface area contributed by atoms with Gasteiger partial charge in [0.2, 0.25) is 0 Å². The molecule has 0 radical (unpaired) electrons. The first kappa shape index (κ1) is 14.6. The third kappa shape index (κ3) is 3.42. The van der Waals surface area contributed by atoms with Gasteiger partial charge in [-0.15, -0.1) is 0 Å². The van der Waals surface area contributed by atoms with Crippen LogP contribution < -0.4 is 5.69 Å². The minimum Gasteiger partial charge on any atom is -0.369 e. The largest absolute Gasteiger partial charge is 0.369 e. The summed E-state index contributed by atoms with van der Waals surface area (Å²) in [5.41, 5.74) is 0.441. The van der Waals surface area contributed by atoms with Crippen LogP contribution in [-0.2, 0) is 0 Å². The summed E-state index contributed by atoms with van der Waals surface area (Å²) in [6.45, 7) is 3.81. The lowest BCUT2D eigenvalue weighted by atomic mass is 10.2. The molecule has 5 nitrogen and oxygen atoms in total. The van der Waals surface area contributed by atoms with Crippen LogP contribution in [0.2, 0.25) is 0 Å². The van der Waals surface area contributed by atoms with Gasteiger partial charge in [0.1, 0.15) is 0 Å². The molecule has 0 saturated carbocycles. The molecule has 0 fully saturated rings. The highest BCUT2D eigenvalue weighted by molar-refractivity contribution is 5.64. The fraction of sp³-hybridized carbons (Fsp3) is 0.133. The van der Waals surface area contributed by atoms with Crippen molar-refractivity contribution >= 4 is 17.9 Å². The number of aromatic nitrogens is 2. The summed E-state index contributed by atoms with van der Waals surface area (Å²) in [5, 5.41) is 0. The smallest absolute Gasteiger partial charge is 0.354 e. The molecule has 2 aromatic rings. The molecule has 0 spiro atoms. The summed E-state index contributed by atoms with van der Waals surface area (Å²) in [6.07, 6.45) is 2.42. The van der Waals surface area contributed by atoms with Crippen molar-refractivity contribution in [3.63, 3.8) is 0 Å². The van der Waals surface area contributed by atoms with E-state index in [9.17, 15) is 9.18 Å². The molecule has 2 rings (SSSR count). The zero-order valence-electron chi connectivity index (χ0n) is 11.8. The van der Waals surface area contributed by atoms with Crippen molar-refractivity contribution in [2.75, 3.05) is 14.1 Å². The monoisotopic (exact) mass is 286 g/mol. The van der Waals surface area contributed by atoms with Crippen LogP contribution in [0.5, 0.6) is 0 Å². The molecular weight excluding hydrogens is 271 g/mol. The van der Waals surface area contributed by atoms with Crippen LogP contribution in [0.1, 0.15) is 5.56 Å². The fourth-order valence-corrected chi connectivity index (χ4v) is 1.65. The minimum absolute atomic E-state index is 0.245. The summed E-state index contributed by atoms with van der Waals surface area (Å²) in [4.78, 5) is 21.1. The summed E-state index contributed by atoms with van der Waals surface area (Å²) < 4.78 is 15.0. The molecule has 0 unspecified atom stereocenters. The summed E-state index contributed by atoms with van der Waals surface area (Å²) >= 11 is 0. The molecule has 21 heavy (non-hydrogen) atoms. The molecule has 0 aliphatic rings. The lowest BCUT2D eigenvalue weighted by Crippen LogP contribution is -2.22. The van der Waals surface area contributed by atoms with Crippen molar-refractivity contribution in [3.05, 3.63) is 65.0 Å². The number of hydrogen-bond donors (Lipinski definition) is 0. The maximum absolute atomic E-state index is 14.0. The van der Waals surface area contributed by atoms with E-state index in [0.717, 1.165) is 10.8 Å². The summed E-state index contributed by atoms with van der Waals surface area (Å²) in [6, 6.07) is 9.03. The minimum atomic E-state index is -0.690. The molecule has 0 aliphatic carbocycles. The van der Waals surface area contributed by atoms with Crippen LogP contribution >= 0.6 is 0 Å². The van der Waals surface area contributed by atoms with Gasteiger partial charge in [0, 0.05) is 14.1 Å². The number of halogens is 1. The van der Waals surface area contributed by atoms with Crippen molar-refractivity contribution in [1.82, 2.24) is 14.5 Å². The second-order valence-electron chi connectivity index (χ2n) is 4.59. The Bertz CT molecular complexity index is 735. The highest BCUT2D eigenvalue weighted by atomic mass is 19.1. The van der Waals surface area contributed by atoms with Gasteiger partial charge in [0.05, 0.1) is 18.2 Å². The maximum Gasteiger partial charge on any atom is 0.354 e. The molecular formula is C15H15FN4O. The molecule has 0 aliphatic heterocycles. The summed E-state index contributed by atoms with van der Waals surface area (Å²) in [7, 11) is 3.47. The third-order valence-electron chi connectivity index (χ3n) is 2.67. The Hall–Kier alpha value is -2.76. The lowest BCUT2D eigenvalue weighted by Gasteiger charge is -2.09. The van der Waals surface area contributed by atoms with E-state index in [4.69, 9.17) is 0 Å². The lowest BCUT2D eigenvalue weighted by molar-refractivity contribution is 0.602. The molecule has 1 heterocycles. The molecule has 108 valence electrons. The van der Waals surface area contributed by atoms with Crippen LogP contribution in [-0.4, -0.2) is 34.9 Å². The first-order valence-electron chi connectivity index (χ1n) is 6.23. The molecule has 6 heteroatoms. The Morgan fingerprint density at radius 3 is 2.67 bits per heavy atom. The van der Waals surface area contributed by atoms with E-state index in [1.165, 1.54) is 6.34 Å². The topological polar surface area (TPSA) is 50.5 Å². The van der Waals surface area contributed by atoms with Gasteiger partial charge in [-0.25, -0.2) is 14.2 Å². The number of nitrogens with zero attached hydrogens (tertiary/aromatic N) is 4. The zero-order valence-corrected chi connectivity index (χ0v) is 11.8. The maximum atomic E-state index is 14.0. The molecule has 0 atom stereocenters. The summed E-state index contributed by atoms with van der Waals surface area (Å²) in [5.74, 6) is -0.935. The van der Waals surface area contributed by atoms with Gasteiger partial charge in [-0.3, -0.25) is 4.57 Å². The SMILES string of the molecule is C=C(c1ccccc1)n1cc(F)c(N=CN(C)C)nc1=O. The van der Waals surface area contributed by atoms with E-state index >= 15 is 0 Å². The van der Waals surface area contributed by atoms with Gasteiger partial charge in [-0.2, -0.15) is 4.98 Å². The first-order valence-corrected chi connectivity index (χ1v) is 6.23. The van der Waals surface area contributed by atoms with Crippen molar-refractivity contribution in [2.45, 2.75) is 0 Å². The number of hydrogen-bond acceptors (Lipinski definition) is 3.